The van der Waals surface area contributed by atoms with Gasteiger partial charge in [0.25, 0.3) is 0 Å². The molecule has 1 aromatic carbocycles. The first-order chi connectivity index (χ1) is 9.74. The van der Waals surface area contributed by atoms with Crippen LogP contribution in [0.3, 0.4) is 0 Å². The third-order valence-corrected chi connectivity index (χ3v) is 5.05. The predicted octanol–water partition coefficient (Wildman–Crippen LogP) is 5.55. The predicted molar refractivity (Wildman–Crippen MR) is 92.6 cm³/mol. The minimum Gasteiger partial charge on any atom is -0.306 e. The summed E-state index contributed by atoms with van der Waals surface area (Å²) in [5, 5.41) is 5.83. The second-order valence-corrected chi connectivity index (χ2v) is 6.91. The van der Waals surface area contributed by atoms with Gasteiger partial charge in [0.15, 0.2) is 0 Å². The lowest BCUT2D eigenvalue weighted by Crippen LogP contribution is -2.22. The van der Waals surface area contributed by atoms with Crippen LogP contribution in [0.4, 0.5) is 0 Å². The van der Waals surface area contributed by atoms with E-state index in [1.54, 1.807) is 0 Å². The number of hydrogen-bond donors (Lipinski definition) is 1. The summed E-state index contributed by atoms with van der Waals surface area (Å²) in [7, 11) is 0. The Bertz CT molecular complexity index is 535. The number of rotatable bonds is 7. The summed E-state index contributed by atoms with van der Waals surface area (Å²) in [6.07, 6.45) is 3.50. The van der Waals surface area contributed by atoms with Gasteiger partial charge >= 0.3 is 0 Å². The van der Waals surface area contributed by atoms with Gasteiger partial charge < -0.3 is 5.32 Å². The zero-order valence-electron chi connectivity index (χ0n) is 12.2. The third-order valence-electron chi connectivity index (χ3n) is 3.29. The Morgan fingerprint density at radius 2 is 2.05 bits per heavy atom. The number of hydrogen-bond acceptors (Lipinski definition) is 2. The maximum absolute atomic E-state index is 3.67. The highest BCUT2D eigenvalue weighted by atomic mass is 79.9. The molecular formula is C17H22BrNS. The van der Waals surface area contributed by atoms with Crippen molar-refractivity contribution < 1.29 is 0 Å². The van der Waals surface area contributed by atoms with E-state index in [1.165, 1.54) is 26.9 Å². The van der Waals surface area contributed by atoms with Crippen LogP contribution in [0, 0.1) is 0 Å². The van der Waals surface area contributed by atoms with Gasteiger partial charge in [-0.15, -0.1) is 11.3 Å². The SMILES string of the molecule is CCCNC(c1cccc(CCC)c1)c1cc(Br)cs1. The Morgan fingerprint density at radius 1 is 1.20 bits per heavy atom. The molecule has 0 aliphatic heterocycles. The van der Waals surface area contributed by atoms with Gasteiger partial charge in [0, 0.05) is 14.7 Å². The molecule has 0 saturated heterocycles. The molecule has 1 heterocycles. The van der Waals surface area contributed by atoms with E-state index in [9.17, 15) is 0 Å². The monoisotopic (exact) mass is 351 g/mol. The van der Waals surface area contributed by atoms with E-state index in [0.29, 0.717) is 6.04 Å². The van der Waals surface area contributed by atoms with Crippen LogP contribution < -0.4 is 5.32 Å². The summed E-state index contributed by atoms with van der Waals surface area (Å²) >= 11 is 5.38. The van der Waals surface area contributed by atoms with Crippen molar-refractivity contribution in [3.63, 3.8) is 0 Å². The molecule has 3 heteroatoms. The van der Waals surface area contributed by atoms with Crippen molar-refractivity contribution in [2.75, 3.05) is 6.54 Å². The molecule has 2 aromatic rings. The van der Waals surface area contributed by atoms with Crippen LogP contribution in [0.25, 0.3) is 0 Å². The lowest BCUT2D eigenvalue weighted by atomic mass is 10.0. The summed E-state index contributed by atoms with van der Waals surface area (Å²) < 4.78 is 1.17. The first-order valence-corrected chi connectivity index (χ1v) is 8.98. The summed E-state index contributed by atoms with van der Waals surface area (Å²) in [4.78, 5) is 1.37. The smallest absolute Gasteiger partial charge is 0.0671 e. The Hall–Kier alpha value is -0.640. The van der Waals surface area contributed by atoms with Gasteiger partial charge in [-0.2, -0.15) is 0 Å². The van der Waals surface area contributed by atoms with E-state index in [-0.39, 0.29) is 0 Å². The first-order valence-electron chi connectivity index (χ1n) is 7.30. The lowest BCUT2D eigenvalue weighted by molar-refractivity contribution is 0.605. The topological polar surface area (TPSA) is 12.0 Å². The van der Waals surface area contributed by atoms with Gasteiger partial charge in [-0.25, -0.2) is 0 Å². The van der Waals surface area contributed by atoms with Crippen molar-refractivity contribution in [1.82, 2.24) is 5.32 Å². The highest BCUT2D eigenvalue weighted by Crippen LogP contribution is 2.30. The fraction of sp³-hybridized carbons (Fsp3) is 0.412. The number of thiophene rings is 1. The molecule has 0 radical (unpaired) electrons. The summed E-state index contributed by atoms with van der Waals surface area (Å²) in [5.41, 5.74) is 2.81. The van der Waals surface area contributed by atoms with Crippen molar-refractivity contribution in [3.8, 4) is 0 Å². The van der Waals surface area contributed by atoms with Crippen LogP contribution in [-0.2, 0) is 6.42 Å². The van der Waals surface area contributed by atoms with Gasteiger partial charge in [-0.3, -0.25) is 0 Å². The second kappa shape index (κ2) is 7.96. The van der Waals surface area contributed by atoms with E-state index in [0.717, 1.165) is 19.4 Å². The normalized spacial score (nSPS) is 12.6. The van der Waals surface area contributed by atoms with E-state index in [2.05, 4.69) is 70.8 Å². The van der Waals surface area contributed by atoms with E-state index in [1.807, 2.05) is 11.3 Å². The van der Waals surface area contributed by atoms with Crippen LogP contribution >= 0.6 is 27.3 Å². The van der Waals surface area contributed by atoms with Crippen LogP contribution in [0.15, 0.2) is 40.2 Å². The van der Waals surface area contributed by atoms with Crippen molar-refractivity contribution in [2.24, 2.45) is 0 Å². The Balaban J connectivity index is 2.28. The molecule has 0 bridgehead atoms. The molecule has 0 fully saturated rings. The van der Waals surface area contributed by atoms with Crippen molar-refractivity contribution >= 4 is 27.3 Å². The summed E-state index contributed by atoms with van der Waals surface area (Å²) in [5.74, 6) is 0. The molecule has 1 nitrogen and oxygen atoms in total. The molecule has 1 aromatic heterocycles. The molecule has 0 spiro atoms. The number of aryl methyl sites for hydroxylation is 1. The highest BCUT2D eigenvalue weighted by molar-refractivity contribution is 9.10. The summed E-state index contributed by atoms with van der Waals surface area (Å²) in [6.45, 7) is 5.48. The second-order valence-electron chi connectivity index (χ2n) is 5.05. The molecule has 2 rings (SSSR count). The molecule has 0 aliphatic rings. The zero-order chi connectivity index (χ0) is 14.4. The van der Waals surface area contributed by atoms with Crippen LogP contribution in [-0.4, -0.2) is 6.54 Å². The van der Waals surface area contributed by atoms with Gasteiger partial charge in [0.05, 0.1) is 6.04 Å². The third kappa shape index (κ3) is 4.18. The molecule has 0 saturated carbocycles. The Kier molecular flexibility index (Phi) is 6.27. The minimum absolute atomic E-state index is 0.308. The minimum atomic E-state index is 0.308. The van der Waals surface area contributed by atoms with E-state index in [4.69, 9.17) is 0 Å². The molecule has 1 N–H and O–H groups in total. The fourth-order valence-electron chi connectivity index (χ4n) is 2.37. The standard InChI is InChI=1S/C17H22BrNS/c1-3-6-13-7-5-8-14(10-13)17(19-9-4-2)16-11-15(18)12-20-16/h5,7-8,10-12,17,19H,3-4,6,9H2,1-2H3. The van der Waals surface area contributed by atoms with Crippen molar-refractivity contribution in [3.05, 3.63) is 56.2 Å². The van der Waals surface area contributed by atoms with Crippen molar-refractivity contribution in [1.29, 1.82) is 0 Å². The lowest BCUT2D eigenvalue weighted by Gasteiger charge is -2.18. The maximum Gasteiger partial charge on any atom is 0.0671 e. The Labute approximate surface area is 134 Å². The zero-order valence-corrected chi connectivity index (χ0v) is 14.6. The van der Waals surface area contributed by atoms with Gasteiger partial charge in [-0.05, 0) is 52.5 Å². The molecule has 1 atom stereocenters. The van der Waals surface area contributed by atoms with Gasteiger partial charge in [0.2, 0.25) is 0 Å². The number of halogens is 1. The number of benzene rings is 1. The quantitative estimate of drug-likeness (QED) is 0.689. The largest absolute Gasteiger partial charge is 0.306 e. The molecule has 0 amide bonds. The van der Waals surface area contributed by atoms with E-state index >= 15 is 0 Å². The molecule has 108 valence electrons. The number of nitrogens with one attached hydrogen (secondary N) is 1. The molecule has 1 unspecified atom stereocenters. The van der Waals surface area contributed by atoms with Gasteiger partial charge in [-0.1, -0.05) is 44.5 Å². The average molecular weight is 352 g/mol. The van der Waals surface area contributed by atoms with Crippen LogP contribution in [0.1, 0.15) is 48.7 Å². The van der Waals surface area contributed by atoms with E-state index < -0.39 is 0 Å². The van der Waals surface area contributed by atoms with Crippen molar-refractivity contribution in [2.45, 2.75) is 39.2 Å². The summed E-state index contributed by atoms with van der Waals surface area (Å²) in [6, 6.07) is 11.5. The molecular weight excluding hydrogens is 330 g/mol. The molecule has 20 heavy (non-hydrogen) atoms. The van der Waals surface area contributed by atoms with Gasteiger partial charge in [0.1, 0.15) is 0 Å². The van der Waals surface area contributed by atoms with Crippen LogP contribution in [0.5, 0.6) is 0 Å². The fourth-order valence-corrected chi connectivity index (χ4v) is 3.91. The highest BCUT2D eigenvalue weighted by Gasteiger charge is 2.15. The van der Waals surface area contributed by atoms with Crippen LogP contribution in [0.2, 0.25) is 0 Å². The molecule has 0 aliphatic carbocycles. The Morgan fingerprint density at radius 3 is 2.70 bits per heavy atom. The average Bonchev–Trinajstić information content (AvgIpc) is 2.87. The first kappa shape index (κ1) is 15.7. The maximum atomic E-state index is 3.67.